The van der Waals surface area contributed by atoms with Crippen molar-refractivity contribution >= 4 is 44.3 Å². The molecule has 0 fully saturated rings. The zero-order valence-corrected chi connectivity index (χ0v) is 14.5. The summed E-state index contributed by atoms with van der Waals surface area (Å²) in [5.74, 6) is -0.413. The number of benzene rings is 2. The molecule has 132 valence electrons. The van der Waals surface area contributed by atoms with Gasteiger partial charge in [-0.2, -0.15) is 0 Å². The summed E-state index contributed by atoms with van der Waals surface area (Å²) in [6, 6.07) is 9.36. The van der Waals surface area contributed by atoms with Gasteiger partial charge in [-0.3, -0.25) is 9.59 Å². The van der Waals surface area contributed by atoms with E-state index in [1.807, 2.05) is 0 Å². The van der Waals surface area contributed by atoms with Gasteiger partial charge in [-0.05, 0) is 30.3 Å². The average Bonchev–Trinajstić information content (AvgIpc) is 3.05. The van der Waals surface area contributed by atoms with Gasteiger partial charge >= 0.3 is 0 Å². The summed E-state index contributed by atoms with van der Waals surface area (Å²) >= 11 is 1.31. The summed E-state index contributed by atoms with van der Waals surface area (Å²) in [6.45, 7) is 0. The molecule has 5 aromatic rings. The third-order valence-corrected chi connectivity index (χ3v) is 5.26. The van der Waals surface area contributed by atoms with Crippen LogP contribution < -0.4 is 11.1 Å². The molecule has 3 N–H and O–H groups in total. The lowest BCUT2D eigenvalue weighted by Gasteiger charge is -2.05. The van der Waals surface area contributed by atoms with E-state index in [1.54, 1.807) is 30.6 Å². The van der Waals surface area contributed by atoms with Gasteiger partial charge in [0.2, 0.25) is 5.56 Å². The molecular weight excluding hydrogens is 367 g/mol. The standard InChI is InChI=1S/C19H11FN4O2S/c20-9-1-2-11-13(7-9)15-12(4-6-22-18(15)26)17-16(11)23-19(24-17)27-10-3-5-21-14(25)8-10/h1-8H,(H,21,25)(H,22,26)(H,23,24). The van der Waals surface area contributed by atoms with Crippen molar-refractivity contribution in [3.05, 3.63) is 75.3 Å². The van der Waals surface area contributed by atoms with Crippen molar-refractivity contribution in [1.82, 2.24) is 19.9 Å². The first-order valence-electron chi connectivity index (χ1n) is 8.09. The lowest BCUT2D eigenvalue weighted by molar-refractivity contribution is 0.630. The molecule has 2 aromatic carbocycles. The van der Waals surface area contributed by atoms with Crippen LogP contribution in [-0.2, 0) is 0 Å². The van der Waals surface area contributed by atoms with Crippen LogP contribution >= 0.6 is 11.8 Å². The summed E-state index contributed by atoms with van der Waals surface area (Å²) in [5.41, 5.74) is 0.851. The Balaban J connectivity index is 1.85. The monoisotopic (exact) mass is 378 g/mol. The minimum atomic E-state index is -0.413. The maximum atomic E-state index is 13.9. The smallest absolute Gasteiger partial charge is 0.256 e. The molecule has 5 rings (SSSR count). The van der Waals surface area contributed by atoms with Crippen LogP contribution in [0.25, 0.3) is 32.6 Å². The van der Waals surface area contributed by atoms with Crippen LogP contribution in [0.5, 0.6) is 0 Å². The lowest BCUT2D eigenvalue weighted by Crippen LogP contribution is -2.05. The fourth-order valence-corrected chi connectivity index (χ4v) is 4.09. The first kappa shape index (κ1) is 15.8. The van der Waals surface area contributed by atoms with Crippen LogP contribution in [0.1, 0.15) is 0 Å². The van der Waals surface area contributed by atoms with Crippen molar-refractivity contribution in [2.24, 2.45) is 0 Å². The van der Waals surface area contributed by atoms with E-state index in [4.69, 9.17) is 0 Å². The van der Waals surface area contributed by atoms with Gasteiger partial charge in [0.05, 0.1) is 16.4 Å². The summed E-state index contributed by atoms with van der Waals surface area (Å²) in [6.07, 6.45) is 3.12. The largest absolute Gasteiger partial charge is 0.332 e. The quantitative estimate of drug-likeness (QED) is 0.410. The van der Waals surface area contributed by atoms with Gasteiger partial charge in [-0.1, -0.05) is 11.8 Å². The van der Waals surface area contributed by atoms with Gasteiger partial charge in [-0.25, -0.2) is 9.37 Å². The number of nitrogens with one attached hydrogen (secondary N) is 3. The Labute approximate surface area is 154 Å². The molecule has 3 heterocycles. The van der Waals surface area contributed by atoms with E-state index in [1.165, 1.54) is 30.0 Å². The number of hydrogen-bond donors (Lipinski definition) is 3. The molecule has 0 unspecified atom stereocenters. The van der Waals surface area contributed by atoms with Gasteiger partial charge in [0.15, 0.2) is 5.16 Å². The fourth-order valence-electron chi connectivity index (χ4n) is 3.27. The highest BCUT2D eigenvalue weighted by atomic mass is 32.2. The number of H-pyrrole nitrogens is 3. The third-order valence-electron chi connectivity index (χ3n) is 4.38. The minimum Gasteiger partial charge on any atom is -0.332 e. The molecule has 8 heteroatoms. The Morgan fingerprint density at radius 3 is 2.63 bits per heavy atom. The molecule has 0 saturated carbocycles. The van der Waals surface area contributed by atoms with Gasteiger partial charge in [0.1, 0.15) is 5.82 Å². The topological polar surface area (TPSA) is 94.4 Å². The molecule has 0 radical (unpaired) electrons. The highest BCUT2D eigenvalue weighted by Gasteiger charge is 2.16. The van der Waals surface area contributed by atoms with Crippen molar-refractivity contribution in [2.45, 2.75) is 10.1 Å². The van der Waals surface area contributed by atoms with Crippen LogP contribution in [0.2, 0.25) is 0 Å². The minimum absolute atomic E-state index is 0.200. The summed E-state index contributed by atoms with van der Waals surface area (Å²) < 4.78 is 13.9. The first-order valence-corrected chi connectivity index (χ1v) is 8.91. The number of imidazole rings is 1. The number of fused-ring (bicyclic) bond motifs is 6. The Kier molecular flexibility index (Phi) is 3.41. The molecule has 0 amide bonds. The number of halogens is 1. The molecule has 27 heavy (non-hydrogen) atoms. The molecular formula is C19H11FN4O2S. The Bertz CT molecular complexity index is 1470. The maximum absolute atomic E-state index is 13.9. The van der Waals surface area contributed by atoms with E-state index in [9.17, 15) is 14.0 Å². The van der Waals surface area contributed by atoms with Crippen LogP contribution in [0.4, 0.5) is 4.39 Å². The third kappa shape index (κ3) is 2.53. The molecule has 0 atom stereocenters. The number of rotatable bonds is 2. The second-order valence-electron chi connectivity index (χ2n) is 6.04. The summed E-state index contributed by atoms with van der Waals surface area (Å²) in [5, 5.41) is 2.85. The van der Waals surface area contributed by atoms with Gasteiger partial charge in [0.25, 0.3) is 5.56 Å². The van der Waals surface area contributed by atoms with E-state index in [-0.39, 0.29) is 11.1 Å². The number of pyridine rings is 2. The second-order valence-corrected chi connectivity index (χ2v) is 7.10. The number of aromatic amines is 3. The lowest BCUT2D eigenvalue weighted by atomic mass is 10.0. The van der Waals surface area contributed by atoms with Gasteiger partial charge in [0, 0.05) is 39.5 Å². The number of hydrogen-bond acceptors (Lipinski definition) is 4. The van der Waals surface area contributed by atoms with Crippen LogP contribution in [0, 0.1) is 5.82 Å². The van der Waals surface area contributed by atoms with E-state index in [0.29, 0.717) is 32.2 Å². The van der Waals surface area contributed by atoms with Crippen molar-refractivity contribution in [2.75, 3.05) is 0 Å². The zero-order chi connectivity index (χ0) is 18.5. The Hall–Kier alpha value is -3.39. The normalized spacial score (nSPS) is 11.6. The van der Waals surface area contributed by atoms with Gasteiger partial charge in [-0.15, -0.1) is 0 Å². The second kappa shape index (κ2) is 5.82. The van der Waals surface area contributed by atoms with Crippen molar-refractivity contribution in [1.29, 1.82) is 0 Å². The molecule has 0 aliphatic carbocycles. The van der Waals surface area contributed by atoms with E-state index >= 15 is 0 Å². The van der Waals surface area contributed by atoms with E-state index < -0.39 is 5.82 Å². The molecule has 0 aliphatic rings. The van der Waals surface area contributed by atoms with Crippen molar-refractivity contribution in [3.63, 3.8) is 0 Å². The average molecular weight is 378 g/mol. The SMILES string of the molecule is O=c1cc(Sc2nc3c4cc[nH]c(=O)c4c4cc(F)ccc4c3[nH]2)cc[nH]1. The Morgan fingerprint density at radius 2 is 1.78 bits per heavy atom. The van der Waals surface area contributed by atoms with Crippen molar-refractivity contribution in [3.8, 4) is 0 Å². The van der Waals surface area contributed by atoms with Crippen molar-refractivity contribution < 1.29 is 4.39 Å². The Morgan fingerprint density at radius 1 is 0.926 bits per heavy atom. The first-order chi connectivity index (χ1) is 13.1. The maximum Gasteiger partial charge on any atom is 0.256 e. The highest BCUT2D eigenvalue weighted by Crippen LogP contribution is 2.35. The van der Waals surface area contributed by atoms with Crippen LogP contribution in [0.3, 0.4) is 0 Å². The molecule has 0 aliphatic heterocycles. The van der Waals surface area contributed by atoms with Crippen LogP contribution in [0.15, 0.2) is 68.4 Å². The molecule has 6 nitrogen and oxygen atoms in total. The highest BCUT2D eigenvalue weighted by molar-refractivity contribution is 7.99. The summed E-state index contributed by atoms with van der Waals surface area (Å²) in [7, 11) is 0. The number of nitrogens with zero attached hydrogens (tertiary/aromatic N) is 1. The van der Waals surface area contributed by atoms with E-state index in [0.717, 1.165) is 10.4 Å². The number of aromatic nitrogens is 4. The molecule has 3 aromatic heterocycles. The molecule has 0 saturated heterocycles. The van der Waals surface area contributed by atoms with Crippen LogP contribution in [-0.4, -0.2) is 19.9 Å². The molecule has 0 bridgehead atoms. The predicted octanol–water partition coefficient (Wildman–Crippen LogP) is 3.54. The fraction of sp³-hybridized carbons (Fsp3) is 0. The zero-order valence-electron chi connectivity index (χ0n) is 13.7. The predicted molar refractivity (Wildman–Crippen MR) is 103 cm³/mol. The van der Waals surface area contributed by atoms with E-state index in [2.05, 4.69) is 19.9 Å². The van der Waals surface area contributed by atoms with Gasteiger partial charge < -0.3 is 15.0 Å². The summed E-state index contributed by atoms with van der Waals surface area (Å²) in [4.78, 5) is 37.7. The molecule has 0 spiro atoms.